The number of carbonyl (C=O) groups is 3. The number of ketones is 1. The summed E-state index contributed by atoms with van der Waals surface area (Å²) in [6.45, 7) is 1.49. The maximum absolute atomic E-state index is 12.4. The number of aliphatic carboxylic acids is 1. The first-order valence-corrected chi connectivity index (χ1v) is 6.18. The van der Waals surface area contributed by atoms with Crippen LogP contribution in [0.25, 0.3) is 0 Å². The van der Waals surface area contributed by atoms with E-state index in [9.17, 15) is 19.5 Å². The minimum atomic E-state index is -1.26. The molecule has 6 heteroatoms. The smallest absolute Gasteiger partial charge is 0.337 e. The van der Waals surface area contributed by atoms with Gasteiger partial charge in [0, 0.05) is 11.3 Å². The number of nitrogens with one attached hydrogen (secondary N) is 1. The van der Waals surface area contributed by atoms with Crippen molar-refractivity contribution >= 4 is 17.7 Å². The van der Waals surface area contributed by atoms with Crippen molar-refractivity contribution in [3.05, 3.63) is 58.4 Å². The zero-order chi connectivity index (χ0) is 15.6. The lowest BCUT2D eigenvalue weighted by Crippen LogP contribution is -2.07. The molecule has 1 heterocycles. The van der Waals surface area contributed by atoms with Gasteiger partial charge in [0.2, 0.25) is 5.78 Å². The van der Waals surface area contributed by atoms with Crippen LogP contribution in [0.4, 0.5) is 0 Å². The number of benzene rings is 1. The first-order valence-electron chi connectivity index (χ1n) is 6.18. The molecule has 108 valence electrons. The fourth-order valence-corrected chi connectivity index (χ4v) is 2.19. The summed E-state index contributed by atoms with van der Waals surface area (Å²) in [5.41, 5.74) is 0.617. The van der Waals surface area contributed by atoms with E-state index in [4.69, 9.17) is 5.11 Å². The van der Waals surface area contributed by atoms with Crippen molar-refractivity contribution in [2.24, 2.45) is 0 Å². The number of carboxylic acid groups (broad SMARTS) is 2. The zero-order valence-corrected chi connectivity index (χ0v) is 11.2. The lowest BCUT2D eigenvalue weighted by Gasteiger charge is -2.00. The highest BCUT2D eigenvalue weighted by molar-refractivity contribution is 6.10. The zero-order valence-electron chi connectivity index (χ0n) is 11.2. The van der Waals surface area contributed by atoms with Crippen molar-refractivity contribution in [3.8, 4) is 0 Å². The third kappa shape index (κ3) is 2.84. The van der Waals surface area contributed by atoms with Crippen LogP contribution >= 0.6 is 0 Å². The highest BCUT2D eigenvalue weighted by Crippen LogP contribution is 2.22. The van der Waals surface area contributed by atoms with Gasteiger partial charge in [0.25, 0.3) is 0 Å². The van der Waals surface area contributed by atoms with Gasteiger partial charge < -0.3 is 15.2 Å². The molecule has 1 aromatic heterocycles. The maximum atomic E-state index is 12.4. The summed E-state index contributed by atoms with van der Waals surface area (Å²) in [4.78, 5) is 37.1. The van der Waals surface area contributed by atoms with E-state index in [-0.39, 0.29) is 28.3 Å². The summed E-state index contributed by atoms with van der Waals surface area (Å²) in [5.74, 6) is -2.79. The Morgan fingerprint density at radius 2 is 1.71 bits per heavy atom. The van der Waals surface area contributed by atoms with Crippen molar-refractivity contribution in [2.45, 2.75) is 13.3 Å². The van der Waals surface area contributed by atoms with Gasteiger partial charge in [0.15, 0.2) is 0 Å². The van der Waals surface area contributed by atoms with Gasteiger partial charge in [0.05, 0.1) is 17.7 Å². The molecule has 0 aliphatic rings. The van der Waals surface area contributed by atoms with E-state index in [0.29, 0.717) is 5.56 Å². The van der Waals surface area contributed by atoms with E-state index in [1.807, 2.05) is 0 Å². The molecule has 6 nitrogen and oxygen atoms in total. The molecule has 2 rings (SSSR count). The number of aromatic amines is 1. The van der Waals surface area contributed by atoms with Gasteiger partial charge in [-0.25, -0.2) is 4.79 Å². The van der Waals surface area contributed by atoms with E-state index >= 15 is 0 Å². The number of aromatic carboxylic acids is 1. The van der Waals surface area contributed by atoms with Crippen molar-refractivity contribution in [3.63, 3.8) is 0 Å². The van der Waals surface area contributed by atoms with Crippen molar-refractivity contribution < 1.29 is 24.6 Å². The van der Waals surface area contributed by atoms with Gasteiger partial charge in [-0.3, -0.25) is 9.59 Å². The van der Waals surface area contributed by atoms with Crippen LogP contribution in [0.15, 0.2) is 30.3 Å². The fourth-order valence-electron chi connectivity index (χ4n) is 2.19. The molecule has 0 bridgehead atoms. The van der Waals surface area contributed by atoms with Gasteiger partial charge in [-0.2, -0.15) is 0 Å². The predicted octanol–water partition coefficient (Wildman–Crippen LogP) is 1.88. The Labute approximate surface area is 120 Å². The van der Waals surface area contributed by atoms with Gasteiger partial charge >= 0.3 is 11.9 Å². The predicted molar refractivity (Wildman–Crippen MR) is 73.7 cm³/mol. The van der Waals surface area contributed by atoms with Crippen LogP contribution in [-0.2, 0) is 11.2 Å². The van der Waals surface area contributed by atoms with Gasteiger partial charge in [-0.05, 0) is 12.5 Å². The average molecular weight is 287 g/mol. The molecule has 0 radical (unpaired) electrons. The number of aromatic nitrogens is 1. The third-order valence-corrected chi connectivity index (χ3v) is 3.13. The van der Waals surface area contributed by atoms with Crippen LogP contribution in [0.3, 0.4) is 0 Å². The second-order valence-corrected chi connectivity index (χ2v) is 4.55. The Hall–Kier alpha value is -2.89. The molecular formula is C15H13NO5. The Morgan fingerprint density at radius 3 is 2.24 bits per heavy atom. The van der Waals surface area contributed by atoms with E-state index < -0.39 is 18.4 Å². The lowest BCUT2D eigenvalue weighted by atomic mass is 10.0. The number of hydrogen-bond acceptors (Lipinski definition) is 3. The highest BCUT2D eigenvalue weighted by atomic mass is 16.4. The Bertz CT molecular complexity index is 715. The summed E-state index contributed by atoms with van der Waals surface area (Å²) in [7, 11) is 0. The minimum Gasteiger partial charge on any atom is -0.481 e. The normalized spacial score (nSPS) is 10.3. The highest BCUT2D eigenvalue weighted by Gasteiger charge is 2.25. The molecule has 0 aliphatic carbocycles. The van der Waals surface area contributed by atoms with Crippen molar-refractivity contribution in [2.75, 3.05) is 0 Å². The van der Waals surface area contributed by atoms with Crippen molar-refractivity contribution in [1.82, 2.24) is 4.98 Å². The van der Waals surface area contributed by atoms with Crippen LogP contribution in [0.2, 0.25) is 0 Å². The molecule has 1 aromatic carbocycles. The van der Waals surface area contributed by atoms with Crippen LogP contribution < -0.4 is 0 Å². The Balaban J connectivity index is 2.53. The summed E-state index contributed by atoms with van der Waals surface area (Å²) in [5, 5.41) is 18.0. The molecule has 3 N–H and O–H groups in total. The number of hydrogen-bond donors (Lipinski definition) is 3. The van der Waals surface area contributed by atoms with E-state index in [0.717, 1.165) is 0 Å². The number of carboxylic acids is 2. The molecule has 0 spiro atoms. The molecule has 2 aromatic rings. The molecule has 21 heavy (non-hydrogen) atoms. The van der Waals surface area contributed by atoms with Crippen LogP contribution in [0, 0.1) is 6.92 Å². The quantitative estimate of drug-likeness (QED) is 0.728. The molecule has 0 fully saturated rings. The Kier molecular flexibility index (Phi) is 3.89. The second-order valence-electron chi connectivity index (χ2n) is 4.55. The van der Waals surface area contributed by atoms with Crippen LogP contribution in [0.5, 0.6) is 0 Å². The largest absolute Gasteiger partial charge is 0.481 e. The fraction of sp³-hybridized carbons (Fsp3) is 0.133. The second kappa shape index (κ2) is 5.62. The molecule has 0 amide bonds. The first-order chi connectivity index (χ1) is 9.91. The first kappa shape index (κ1) is 14.5. The molecule has 0 unspecified atom stereocenters. The third-order valence-electron chi connectivity index (χ3n) is 3.13. The molecular weight excluding hydrogens is 274 g/mol. The maximum Gasteiger partial charge on any atom is 0.337 e. The number of H-pyrrole nitrogens is 1. The van der Waals surface area contributed by atoms with Crippen molar-refractivity contribution in [1.29, 1.82) is 0 Å². The monoisotopic (exact) mass is 287 g/mol. The molecule has 0 aliphatic heterocycles. The minimum absolute atomic E-state index is 0.0202. The van der Waals surface area contributed by atoms with E-state index in [1.54, 1.807) is 30.3 Å². The number of carbonyl (C=O) groups excluding carboxylic acids is 1. The standard InChI is InChI=1S/C15H13NO5/c1-8-12(15(20)21)10(7-11(17)18)16-13(8)14(19)9-5-3-2-4-6-9/h2-6,16H,7H2,1H3,(H,17,18)(H,20,21). The average Bonchev–Trinajstić information content (AvgIpc) is 2.75. The molecule has 0 saturated carbocycles. The lowest BCUT2D eigenvalue weighted by molar-refractivity contribution is -0.136. The van der Waals surface area contributed by atoms with E-state index in [2.05, 4.69) is 4.98 Å². The van der Waals surface area contributed by atoms with Gasteiger partial charge in [0.1, 0.15) is 0 Å². The Morgan fingerprint density at radius 1 is 1.10 bits per heavy atom. The summed E-state index contributed by atoms with van der Waals surface area (Å²) < 4.78 is 0. The summed E-state index contributed by atoms with van der Waals surface area (Å²) in [6, 6.07) is 8.38. The number of rotatable bonds is 5. The topological polar surface area (TPSA) is 107 Å². The summed E-state index contributed by atoms with van der Waals surface area (Å²) in [6.07, 6.45) is -0.482. The van der Waals surface area contributed by atoms with Crippen LogP contribution in [-0.4, -0.2) is 32.9 Å². The van der Waals surface area contributed by atoms with Crippen LogP contribution in [0.1, 0.15) is 37.7 Å². The SMILES string of the molecule is Cc1c(C(=O)c2ccccc2)[nH]c(CC(=O)O)c1C(=O)O. The molecule has 0 atom stereocenters. The summed E-state index contributed by atoms with van der Waals surface area (Å²) >= 11 is 0. The van der Waals surface area contributed by atoms with E-state index in [1.165, 1.54) is 6.92 Å². The van der Waals surface area contributed by atoms with Gasteiger partial charge in [-0.1, -0.05) is 30.3 Å². The molecule has 0 saturated heterocycles. The van der Waals surface area contributed by atoms with Gasteiger partial charge in [-0.15, -0.1) is 0 Å².